The molecule has 0 aliphatic heterocycles. The Morgan fingerprint density at radius 2 is 1.50 bits per heavy atom. The molecule has 0 fully saturated rings. The first-order valence-corrected chi connectivity index (χ1v) is 3.82. The molecule has 0 bridgehead atoms. The van der Waals surface area contributed by atoms with Crippen molar-refractivity contribution in [3.8, 4) is 0 Å². The molecule has 0 heterocycles. The monoisotopic (exact) mass is 142 g/mol. The highest BCUT2D eigenvalue weighted by molar-refractivity contribution is 5.15. The van der Waals surface area contributed by atoms with Crippen LogP contribution in [0.3, 0.4) is 0 Å². The van der Waals surface area contributed by atoms with E-state index in [4.69, 9.17) is 0 Å². The molecule has 10 heavy (non-hydrogen) atoms. The summed E-state index contributed by atoms with van der Waals surface area (Å²) in [4.78, 5) is 0. The van der Waals surface area contributed by atoms with E-state index in [9.17, 15) is 5.11 Å². The Morgan fingerprint density at radius 3 is 1.50 bits per heavy atom. The molecule has 1 N–H and O–H groups in total. The van der Waals surface area contributed by atoms with Gasteiger partial charge in [-0.1, -0.05) is 19.4 Å². The number of aliphatic hydroxyl groups is 1. The van der Waals surface area contributed by atoms with Crippen LogP contribution in [0.5, 0.6) is 0 Å². The Balaban J connectivity index is 4.44. The van der Waals surface area contributed by atoms with Gasteiger partial charge >= 0.3 is 0 Å². The minimum Gasteiger partial charge on any atom is -0.389 e. The lowest BCUT2D eigenvalue weighted by Gasteiger charge is -2.16. The zero-order valence-corrected chi connectivity index (χ0v) is 7.60. The molecule has 0 saturated heterocycles. The van der Waals surface area contributed by atoms with E-state index in [0.29, 0.717) is 5.92 Å². The third-order valence-corrected chi connectivity index (χ3v) is 1.65. The van der Waals surface area contributed by atoms with Crippen molar-refractivity contribution in [2.24, 2.45) is 5.92 Å². The summed E-state index contributed by atoms with van der Waals surface area (Å²) >= 11 is 0. The number of hydrogen-bond acceptors (Lipinski definition) is 1. The second kappa shape index (κ2) is 3.77. The topological polar surface area (TPSA) is 20.2 Å². The van der Waals surface area contributed by atoms with Gasteiger partial charge in [-0.3, -0.25) is 0 Å². The maximum absolute atomic E-state index is 9.30. The van der Waals surface area contributed by atoms with Crippen molar-refractivity contribution in [2.45, 2.75) is 40.7 Å². The Bertz CT molecular complexity index is 118. The van der Waals surface area contributed by atoms with Gasteiger partial charge in [-0.25, -0.2) is 0 Å². The van der Waals surface area contributed by atoms with Crippen LogP contribution in [-0.2, 0) is 0 Å². The van der Waals surface area contributed by atoms with Crippen LogP contribution < -0.4 is 0 Å². The average Bonchev–Trinajstić information content (AvgIpc) is 1.59. The molecule has 0 aromatic carbocycles. The lowest BCUT2D eigenvalue weighted by atomic mass is 9.94. The second-order valence-corrected chi connectivity index (χ2v) is 3.29. The van der Waals surface area contributed by atoms with Gasteiger partial charge in [0.05, 0.1) is 6.10 Å². The normalized spacial score (nSPS) is 13.5. The highest BCUT2D eigenvalue weighted by Crippen LogP contribution is 2.17. The molecule has 1 atom stereocenters. The standard InChI is InChI=1S/C9H18O/c1-6(2)9(7(3)4)8(5)10/h6,8,10H,1-5H3. The maximum Gasteiger partial charge on any atom is 0.0726 e. The van der Waals surface area contributed by atoms with E-state index < -0.39 is 0 Å². The van der Waals surface area contributed by atoms with Gasteiger partial charge < -0.3 is 5.11 Å². The molecule has 1 nitrogen and oxygen atoms in total. The van der Waals surface area contributed by atoms with Gasteiger partial charge in [-0.15, -0.1) is 0 Å². The van der Waals surface area contributed by atoms with Gasteiger partial charge in [0.1, 0.15) is 0 Å². The smallest absolute Gasteiger partial charge is 0.0726 e. The zero-order valence-electron chi connectivity index (χ0n) is 7.60. The molecular weight excluding hydrogens is 124 g/mol. The minimum atomic E-state index is -0.287. The van der Waals surface area contributed by atoms with E-state index in [0.717, 1.165) is 0 Å². The third-order valence-electron chi connectivity index (χ3n) is 1.65. The van der Waals surface area contributed by atoms with Crippen molar-refractivity contribution >= 4 is 0 Å². The fourth-order valence-electron chi connectivity index (χ4n) is 1.48. The van der Waals surface area contributed by atoms with Crippen LogP contribution in [0.1, 0.15) is 34.6 Å². The number of aliphatic hydroxyl groups excluding tert-OH is 1. The van der Waals surface area contributed by atoms with E-state index in [2.05, 4.69) is 13.8 Å². The van der Waals surface area contributed by atoms with E-state index >= 15 is 0 Å². The van der Waals surface area contributed by atoms with Gasteiger partial charge in [0.15, 0.2) is 0 Å². The fraction of sp³-hybridized carbons (Fsp3) is 0.778. The summed E-state index contributed by atoms with van der Waals surface area (Å²) in [5, 5.41) is 9.30. The second-order valence-electron chi connectivity index (χ2n) is 3.29. The molecular formula is C9H18O. The van der Waals surface area contributed by atoms with Gasteiger partial charge in [0, 0.05) is 0 Å². The Hall–Kier alpha value is -0.300. The summed E-state index contributed by atoms with van der Waals surface area (Å²) in [5.74, 6) is 0.463. The van der Waals surface area contributed by atoms with Crippen molar-refractivity contribution in [3.05, 3.63) is 11.1 Å². The number of allylic oxidation sites excluding steroid dienone is 1. The Morgan fingerprint density at radius 1 is 1.10 bits per heavy atom. The van der Waals surface area contributed by atoms with Crippen LogP contribution in [-0.4, -0.2) is 11.2 Å². The van der Waals surface area contributed by atoms with E-state index in [-0.39, 0.29) is 6.10 Å². The van der Waals surface area contributed by atoms with Gasteiger partial charge in [-0.2, -0.15) is 0 Å². The summed E-state index contributed by atoms with van der Waals surface area (Å²) in [6.45, 7) is 10.1. The van der Waals surface area contributed by atoms with Crippen LogP contribution in [0.2, 0.25) is 0 Å². The summed E-state index contributed by atoms with van der Waals surface area (Å²) in [7, 11) is 0. The molecule has 0 aliphatic carbocycles. The van der Waals surface area contributed by atoms with Crippen LogP contribution in [0.15, 0.2) is 11.1 Å². The maximum atomic E-state index is 9.30. The van der Waals surface area contributed by atoms with Crippen molar-refractivity contribution in [1.82, 2.24) is 0 Å². The molecule has 0 aliphatic rings. The molecule has 1 heteroatoms. The van der Waals surface area contributed by atoms with Crippen LogP contribution in [0.4, 0.5) is 0 Å². The molecule has 0 saturated carbocycles. The highest BCUT2D eigenvalue weighted by atomic mass is 16.3. The largest absolute Gasteiger partial charge is 0.389 e. The summed E-state index contributed by atoms with van der Waals surface area (Å²) in [5.41, 5.74) is 2.41. The van der Waals surface area contributed by atoms with E-state index in [1.165, 1.54) is 11.1 Å². The molecule has 0 aromatic heterocycles. The van der Waals surface area contributed by atoms with Crippen LogP contribution >= 0.6 is 0 Å². The van der Waals surface area contributed by atoms with Gasteiger partial charge in [0.2, 0.25) is 0 Å². The van der Waals surface area contributed by atoms with E-state index in [1.807, 2.05) is 20.8 Å². The molecule has 0 spiro atoms. The van der Waals surface area contributed by atoms with Crippen molar-refractivity contribution in [1.29, 1.82) is 0 Å². The van der Waals surface area contributed by atoms with Gasteiger partial charge in [0.25, 0.3) is 0 Å². The van der Waals surface area contributed by atoms with Gasteiger partial charge in [-0.05, 0) is 32.3 Å². The van der Waals surface area contributed by atoms with Crippen molar-refractivity contribution in [3.63, 3.8) is 0 Å². The molecule has 0 rings (SSSR count). The predicted molar refractivity (Wildman–Crippen MR) is 44.9 cm³/mol. The summed E-state index contributed by atoms with van der Waals surface area (Å²) < 4.78 is 0. The molecule has 1 unspecified atom stereocenters. The predicted octanol–water partition coefficient (Wildman–Crippen LogP) is 2.36. The van der Waals surface area contributed by atoms with E-state index in [1.54, 1.807) is 0 Å². The summed E-state index contributed by atoms with van der Waals surface area (Å²) in [6, 6.07) is 0. The van der Waals surface area contributed by atoms with Crippen molar-refractivity contribution in [2.75, 3.05) is 0 Å². The molecule has 0 amide bonds. The molecule has 60 valence electrons. The first-order valence-electron chi connectivity index (χ1n) is 3.82. The average molecular weight is 142 g/mol. The first kappa shape index (κ1) is 9.70. The number of hydrogen-bond donors (Lipinski definition) is 1. The lowest BCUT2D eigenvalue weighted by molar-refractivity contribution is 0.218. The van der Waals surface area contributed by atoms with Crippen LogP contribution in [0.25, 0.3) is 0 Å². The quantitative estimate of drug-likeness (QED) is 0.587. The zero-order chi connectivity index (χ0) is 8.31. The minimum absolute atomic E-state index is 0.287. The SMILES string of the molecule is CC(C)=C(C(C)C)C(C)O. The Kier molecular flexibility index (Phi) is 3.66. The third kappa shape index (κ3) is 2.53. The lowest BCUT2D eigenvalue weighted by Crippen LogP contribution is -2.11. The first-order chi connectivity index (χ1) is 4.46. The number of rotatable bonds is 2. The van der Waals surface area contributed by atoms with Crippen LogP contribution in [0, 0.1) is 5.92 Å². The van der Waals surface area contributed by atoms with Crippen molar-refractivity contribution < 1.29 is 5.11 Å². The Labute approximate surface area is 63.8 Å². The molecule has 0 radical (unpaired) electrons. The summed E-state index contributed by atoms with van der Waals surface area (Å²) in [6.07, 6.45) is -0.287. The highest BCUT2D eigenvalue weighted by Gasteiger charge is 2.09. The fourth-order valence-corrected chi connectivity index (χ4v) is 1.48. The molecule has 0 aromatic rings.